The average molecular weight is 266 g/mol. The highest BCUT2D eigenvalue weighted by molar-refractivity contribution is 5.96. The molecule has 0 atom stereocenters. The highest BCUT2D eigenvalue weighted by atomic mass is 19.1. The van der Waals surface area contributed by atoms with Crippen LogP contribution in [0.1, 0.15) is 10.4 Å². The number of piperazine rings is 1. The molecule has 19 heavy (non-hydrogen) atoms. The second kappa shape index (κ2) is 7.33. The molecule has 1 aliphatic heterocycles. The molecule has 1 aromatic rings. The fourth-order valence-electron chi connectivity index (χ4n) is 2.01. The molecule has 5 heteroatoms. The molecule has 1 aromatic carbocycles. The summed E-state index contributed by atoms with van der Waals surface area (Å²) < 4.78 is 18.1. The van der Waals surface area contributed by atoms with Crippen molar-refractivity contribution in [2.75, 3.05) is 45.9 Å². The van der Waals surface area contributed by atoms with Crippen molar-refractivity contribution in [2.24, 2.45) is 0 Å². The van der Waals surface area contributed by atoms with Gasteiger partial charge in [-0.1, -0.05) is 0 Å². The Hall–Kier alpha value is -1.30. The molecule has 1 heterocycles. The first-order chi connectivity index (χ1) is 9.25. The molecule has 1 fully saturated rings. The lowest BCUT2D eigenvalue weighted by molar-refractivity contribution is 0.0689. The Kier molecular flexibility index (Phi) is 5.44. The van der Waals surface area contributed by atoms with Gasteiger partial charge in [-0.05, 0) is 24.3 Å². The lowest BCUT2D eigenvalue weighted by Gasteiger charge is -2.26. The molecular weight excluding hydrogens is 247 g/mol. The molecule has 0 aliphatic carbocycles. The summed E-state index contributed by atoms with van der Waals surface area (Å²) in [6.45, 7) is 5.51. The maximum absolute atomic E-state index is 12.7. The van der Waals surface area contributed by atoms with Gasteiger partial charge in [0, 0.05) is 38.3 Å². The van der Waals surface area contributed by atoms with E-state index in [0.29, 0.717) is 12.2 Å². The Morgan fingerprint density at radius 1 is 1.26 bits per heavy atom. The Labute approximate surface area is 112 Å². The van der Waals surface area contributed by atoms with Gasteiger partial charge in [0.15, 0.2) is 5.78 Å². The normalized spacial score (nSPS) is 16.5. The molecule has 1 saturated heterocycles. The molecule has 0 amide bonds. The summed E-state index contributed by atoms with van der Waals surface area (Å²) in [7, 11) is 0. The number of nitrogens with one attached hydrogen (secondary N) is 1. The third kappa shape index (κ3) is 4.70. The van der Waals surface area contributed by atoms with E-state index in [1.54, 1.807) is 0 Å². The van der Waals surface area contributed by atoms with E-state index in [1.165, 1.54) is 24.3 Å². The van der Waals surface area contributed by atoms with Crippen molar-refractivity contribution in [3.8, 4) is 0 Å². The number of rotatable bonds is 6. The van der Waals surface area contributed by atoms with E-state index in [2.05, 4.69) is 10.2 Å². The van der Waals surface area contributed by atoms with Gasteiger partial charge in [0.25, 0.3) is 0 Å². The van der Waals surface area contributed by atoms with Gasteiger partial charge in [-0.15, -0.1) is 0 Å². The quantitative estimate of drug-likeness (QED) is 0.614. The van der Waals surface area contributed by atoms with Crippen LogP contribution in [0.3, 0.4) is 0 Å². The Morgan fingerprint density at radius 2 is 1.95 bits per heavy atom. The number of Topliss-reactive ketones (excluding diaryl/α,β-unsaturated/α-hetero) is 1. The van der Waals surface area contributed by atoms with Gasteiger partial charge in [0.05, 0.1) is 6.61 Å². The van der Waals surface area contributed by atoms with Gasteiger partial charge in [-0.25, -0.2) is 4.39 Å². The lowest BCUT2D eigenvalue weighted by Crippen LogP contribution is -2.44. The van der Waals surface area contributed by atoms with E-state index in [1.807, 2.05) is 0 Å². The van der Waals surface area contributed by atoms with Gasteiger partial charge < -0.3 is 10.1 Å². The van der Waals surface area contributed by atoms with Crippen LogP contribution in [0.2, 0.25) is 0 Å². The smallest absolute Gasteiger partial charge is 0.188 e. The second-order valence-electron chi connectivity index (χ2n) is 4.57. The summed E-state index contributed by atoms with van der Waals surface area (Å²) in [4.78, 5) is 14.0. The maximum atomic E-state index is 12.7. The maximum Gasteiger partial charge on any atom is 0.188 e. The molecule has 4 nitrogen and oxygen atoms in total. The number of hydrogen-bond acceptors (Lipinski definition) is 4. The molecule has 0 bridgehead atoms. The second-order valence-corrected chi connectivity index (χ2v) is 4.57. The van der Waals surface area contributed by atoms with Crippen LogP contribution < -0.4 is 5.32 Å². The van der Waals surface area contributed by atoms with E-state index >= 15 is 0 Å². The van der Waals surface area contributed by atoms with E-state index in [4.69, 9.17) is 4.74 Å². The van der Waals surface area contributed by atoms with Crippen molar-refractivity contribution < 1.29 is 13.9 Å². The summed E-state index contributed by atoms with van der Waals surface area (Å²) in [6.07, 6.45) is 0. The van der Waals surface area contributed by atoms with Gasteiger partial charge >= 0.3 is 0 Å². The molecule has 0 radical (unpaired) electrons. The highest BCUT2D eigenvalue weighted by Crippen LogP contribution is 2.04. The molecular formula is C14H19FN2O2. The fourth-order valence-corrected chi connectivity index (χ4v) is 2.01. The molecule has 0 spiro atoms. The van der Waals surface area contributed by atoms with Gasteiger partial charge in [0.1, 0.15) is 12.4 Å². The number of nitrogens with zero attached hydrogens (tertiary/aromatic N) is 1. The summed E-state index contributed by atoms with van der Waals surface area (Å²) in [5.74, 6) is -0.448. The number of halogens is 1. The first-order valence-electron chi connectivity index (χ1n) is 6.55. The Balaban J connectivity index is 1.64. The van der Waals surface area contributed by atoms with Crippen molar-refractivity contribution in [1.82, 2.24) is 10.2 Å². The van der Waals surface area contributed by atoms with Crippen LogP contribution in [-0.2, 0) is 4.74 Å². The zero-order valence-electron chi connectivity index (χ0n) is 10.9. The van der Waals surface area contributed by atoms with Crippen LogP contribution in [-0.4, -0.2) is 56.6 Å². The van der Waals surface area contributed by atoms with Gasteiger partial charge in [-0.2, -0.15) is 0 Å². The fraction of sp³-hybridized carbons (Fsp3) is 0.500. The number of ketones is 1. The van der Waals surface area contributed by atoms with Crippen molar-refractivity contribution >= 4 is 5.78 Å². The molecule has 0 saturated carbocycles. The molecule has 0 aromatic heterocycles. The summed E-state index contributed by atoms with van der Waals surface area (Å²) in [5.41, 5.74) is 0.489. The molecule has 2 rings (SSSR count). The topological polar surface area (TPSA) is 41.6 Å². The number of ether oxygens (including phenoxy) is 1. The Bertz CT molecular complexity index is 402. The van der Waals surface area contributed by atoms with Crippen LogP contribution in [0.25, 0.3) is 0 Å². The average Bonchev–Trinajstić information content (AvgIpc) is 2.45. The predicted octanol–water partition coefficient (Wildman–Crippen LogP) is 0.930. The number of benzene rings is 1. The zero-order valence-corrected chi connectivity index (χ0v) is 10.9. The van der Waals surface area contributed by atoms with Gasteiger partial charge in [0.2, 0.25) is 0 Å². The third-order valence-corrected chi connectivity index (χ3v) is 3.16. The van der Waals surface area contributed by atoms with Crippen molar-refractivity contribution in [3.05, 3.63) is 35.6 Å². The van der Waals surface area contributed by atoms with Crippen molar-refractivity contribution in [2.45, 2.75) is 0 Å². The molecule has 1 N–H and O–H groups in total. The molecule has 1 aliphatic rings. The van der Waals surface area contributed by atoms with Crippen molar-refractivity contribution in [3.63, 3.8) is 0 Å². The first-order valence-corrected chi connectivity index (χ1v) is 6.55. The Morgan fingerprint density at radius 3 is 2.63 bits per heavy atom. The number of hydrogen-bond donors (Lipinski definition) is 1. The van der Waals surface area contributed by atoms with Crippen LogP contribution in [0, 0.1) is 5.82 Å². The van der Waals surface area contributed by atoms with Crippen LogP contribution in [0.5, 0.6) is 0 Å². The zero-order chi connectivity index (χ0) is 13.5. The summed E-state index contributed by atoms with van der Waals surface area (Å²) in [5, 5.41) is 3.28. The van der Waals surface area contributed by atoms with E-state index in [-0.39, 0.29) is 18.2 Å². The van der Waals surface area contributed by atoms with Crippen LogP contribution >= 0.6 is 0 Å². The molecule has 104 valence electrons. The predicted molar refractivity (Wildman–Crippen MR) is 70.9 cm³/mol. The summed E-state index contributed by atoms with van der Waals surface area (Å²) in [6, 6.07) is 5.54. The third-order valence-electron chi connectivity index (χ3n) is 3.16. The monoisotopic (exact) mass is 266 g/mol. The van der Waals surface area contributed by atoms with Gasteiger partial charge in [-0.3, -0.25) is 9.69 Å². The van der Waals surface area contributed by atoms with Crippen molar-refractivity contribution in [1.29, 1.82) is 0 Å². The minimum atomic E-state index is -0.337. The highest BCUT2D eigenvalue weighted by Gasteiger charge is 2.10. The first kappa shape index (κ1) is 14.1. The molecule has 0 unspecified atom stereocenters. The van der Waals surface area contributed by atoms with E-state index in [9.17, 15) is 9.18 Å². The standard InChI is InChI=1S/C14H19FN2O2/c15-13-3-1-12(2-4-13)14(18)11-19-10-9-17-7-5-16-6-8-17/h1-4,16H,5-11H2. The van der Waals surface area contributed by atoms with Crippen LogP contribution in [0.4, 0.5) is 4.39 Å². The van der Waals surface area contributed by atoms with E-state index < -0.39 is 0 Å². The lowest BCUT2D eigenvalue weighted by atomic mass is 10.1. The number of carbonyl (C=O) groups excluding carboxylic acids is 1. The number of carbonyl (C=O) groups is 1. The summed E-state index contributed by atoms with van der Waals surface area (Å²) >= 11 is 0. The minimum Gasteiger partial charge on any atom is -0.372 e. The SMILES string of the molecule is O=C(COCCN1CCNCC1)c1ccc(F)cc1. The van der Waals surface area contributed by atoms with E-state index in [0.717, 1.165) is 32.7 Å². The largest absolute Gasteiger partial charge is 0.372 e. The van der Waals surface area contributed by atoms with Crippen LogP contribution in [0.15, 0.2) is 24.3 Å². The minimum absolute atomic E-state index is 0.0533.